The number of rotatable bonds is 46. The fourth-order valence-electron chi connectivity index (χ4n) is 9.37. The minimum absolute atomic E-state index is 0.255. The number of nitrogens with one attached hydrogen (secondary N) is 1. The Morgan fingerprint density at radius 1 is 0.486 bits per heavy atom. The lowest BCUT2D eigenvalue weighted by atomic mass is 9.97. The number of unbranched alkanes of at least 4 members (excludes halogenated alkanes) is 25. The van der Waals surface area contributed by atoms with Crippen LogP contribution in [0.1, 0.15) is 219 Å². The van der Waals surface area contributed by atoms with Crippen molar-refractivity contribution in [2.24, 2.45) is 0 Å². The Morgan fingerprint density at radius 2 is 0.905 bits per heavy atom. The summed E-state index contributed by atoms with van der Waals surface area (Å²) >= 11 is 0. The van der Waals surface area contributed by atoms with Crippen molar-refractivity contribution in [3.05, 3.63) is 60.8 Å². The van der Waals surface area contributed by atoms with Crippen LogP contribution in [0.5, 0.6) is 0 Å². The molecule has 2 aliphatic heterocycles. The average molecular weight is 1050 g/mol. The molecule has 0 saturated carbocycles. The van der Waals surface area contributed by atoms with Crippen LogP contribution < -0.4 is 5.32 Å². The summed E-state index contributed by atoms with van der Waals surface area (Å²) in [5.74, 6) is -0.255. The lowest BCUT2D eigenvalue weighted by Gasteiger charge is -2.46. The predicted molar refractivity (Wildman–Crippen MR) is 295 cm³/mol. The van der Waals surface area contributed by atoms with E-state index in [1.807, 2.05) is 6.08 Å². The number of allylic oxidation sites excluding steroid dienone is 9. The van der Waals surface area contributed by atoms with Crippen molar-refractivity contribution in [2.75, 3.05) is 19.8 Å². The Kier molecular flexibility index (Phi) is 41.9. The molecule has 12 unspecified atom stereocenters. The Hall–Kier alpha value is -2.31. The topological polar surface area (TPSA) is 228 Å². The largest absolute Gasteiger partial charge is 0.394 e. The van der Waals surface area contributed by atoms with Crippen molar-refractivity contribution < 1.29 is 64.6 Å². The van der Waals surface area contributed by atoms with E-state index in [0.29, 0.717) is 12.8 Å². The summed E-state index contributed by atoms with van der Waals surface area (Å²) in [6.07, 6.45) is 41.1. The highest BCUT2D eigenvalue weighted by Crippen LogP contribution is 2.30. The van der Waals surface area contributed by atoms with Gasteiger partial charge >= 0.3 is 0 Å². The molecule has 2 saturated heterocycles. The van der Waals surface area contributed by atoms with Gasteiger partial charge in [0.1, 0.15) is 48.8 Å². The Labute approximate surface area is 447 Å². The van der Waals surface area contributed by atoms with E-state index in [0.717, 1.165) is 51.4 Å². The number of aliphatic hydroxyl groups is 8. The first-order valence-electron chi connectivity index (χ1n) is 29.5. The maximum atomic E-state index is 13.2. The molecule has 74 heavy (non-hydrogen) atoms. The Morgan fingerprint density at radius 3 is 1.42 bits per heavy atom. The van der Waals surface area contributed by atoms with Crippen LogP contribution in [0.25, 0.3) is 0 Å². The maximum Gasteiger partial charge on any atom is 0.220 e. The highest BCUT2D eigenvalue weighted by atomic mass is 16.7. The molecule has 1 amide bonds. The van der Waals surface area contributed by atoms with E-state index in [-0.39, 0.29) is 18.9 Å². The number of hydrogen-bond donors (Lipinski definition) is 9. The van der Waals surface area contributed by atoms with Gasteiger partial charge in [-0.25, -0.2) is 0 Å². The third-order valence-corrected chi connectivity index (χ3v) is 14.2. The van der Waals surface area contributed by atoms with E-state index >= 15 is 0 Å². The zero-order chi connectivity index (χ0) is 53.9. The maximum absolute atomic E-state index is 13.2. The number of ether oxygens (including phenoxy) is 4. The average Bonchev–Trinajstić information content (AvgIpc) is 3.40. The molecule has 0 aromatic heterocycles. The van der Waals surface area contributed by atoms with Crippen LogP contribution in [0.4, 0.5) is 0 Å². The molecule has 2 heterocycles. The van der Waals surface area contributed by atoms with Gasteiger partial charge < -0.3 is 65.1 Å². The third-order valence-electron chi connectivity index (χ3n) is 14.2. The molecule has 0 aromatic carbocycles. The molecule has 0 aromatic rings. The fourth-order valence-corrected chi connectivity index (χ4v) is 9.37. The van der Waals surface area contributed by atoms with Crippen molar-refractivity contribution in [2.45, 2.75) is 293 Å². The van der Waals surface area contributed by atoms with Gasteiger partial charge in [-0.1, -0.05) is 203 Å². The minimum atomic E-state index is -1.79. The Balaban J connectivity index is 1.76. The summed E-state index contributed by atoms with van der Waals surface area (Å²) in [6.45, 7) is 2.76. The second-order valence-electron chi connectivity index (χ2n) is 20.8. The number of hydrogen-bond acceptors (Lipinski definition) is 13. The zero-order valence-corrected chi connectivity index (χ0v) is 46.1. The van der Waals surface area contributed by atoms with Gasteiger partial charge in [0.25, 0.3) is 0 Å². The number of aliphatic hydroxyl groups excluding tert-OH is 8. The van der Waals surface area contributed by atoms with Crippen LogP contribution in [-0.4, -0.2) is 140 Å². The first-order valence-corrected chi connectivity index (χ1v) is 29.5. The van der Waals surface area contributed by atoms with Crippen molar-refractivity contribution in [3.8, 4) is 0 Å². The van der Waals surface area contributed by atoms with Gasteiger partial charge in [0.2, 0.25) is 5.91 Å². The molecule has 430 valence electrons. The second kappa shape index (κ2) is 45.7. The molecule has 0 radical (unpaired) electrons. The molecule has 9 N–H and O–H groups in total. The second-order valence-corrected chi connectivity index (χ2v) is 20.8. The molecule has 0 bridgehead atoms. The Bertz CT molecular complexity index is 1470. The summed E-state index contributed by atoms with van der Waals surface area (Å²) in [4.78, 5) is 13.2. The smallest absolute Gasteiger partial charge is 0.220 e. The predicted octanol–water partition coefficient (Wildman–Crippen LogP) is 9.78. The summed E-state index contributed by atoms with van der Waals surface area (Å²) in [5.41, 5.74) is 0. The highest BCUT2D eigenvalue weighted by molar-refractivity contribution is 5.76. The van der Waals surface area contributed by atoms with E-state index in [1.165, 1.54) is 135 Å². The van der Waals surface area contributed by atoms with E-state index in [2.05, 4.69) is 67.8 Å². The number of amides is 1. The summed E-state index contributed by atoms with van der Waals surface area (Å²) in [7, 11) is 0. The molecule has 14 heteroatoms. The molecule has 2 aliphatic rings. The summed E-state index contributed by atoms with van der Waals surface area (Å²) in [6, 6.07) is -0.935. The van der Waals surface area contributed by atoms with Crippen molar-refractivity contribution in [3.63, 3.8) is 0 Å². The fraction of sp³-hybridized carbons (Fsp3) is 0.817. The van der Waals surface area contributed by atoms with Gasteiger partial charge in [-0.05, 0) is 70.6 Å². The van der Waals surface area contributed by atoms with Crippen molar-refractivity contribution in [1.82, 2.24) is 5.32 Å². The van der Waals surface area contributed by atoms with Crippen LogP contribution >= 0.6 is 0 Å². The monoisotopic (exact) mass is 1050 g/mol. The van der Waals surface area contributed by atoms with Crippen LogP contribution in [0.15, 0.2) is 60.8 Å². The van der Waals surface area contributed by atoms with Gasteiger partial charge in [0, 0.05) is 6.42 Å². The minimum Gasteiger partial charge on any atom is -0.394 e. The van der Waals surface area contributed by atoms with E-state index < -0.39 is 86.8 Å². The molecule has 2 rings (SSSR count). The summed E-state index contributed by atoms with van der Waals surface area (Å²) < 4.78 is 22.7. The first kappa shape index (κ1) is 67.8. The van der Waals surface area contributed by atoms with E-state index in [4.69, 9.17) is 18.9 Å². The van der Waals surface area contributed by atoms with Gasteiger partial charge in [-0.2, -0.15) is 0 Å². The lowest BCUT2D eigenvalue weighted by molar-refractivity contribution is -0.359. The molecule has 0 spiro atoms. The van der Waals surface area contributed by atoms with E-state index in [1.54, 1.807) is 6.08 Å². The summed E-state index contributed by atoms with van der Waals surface area (Å²) in [5, 5.41) is 87.0. The van der Waals surface area contributed by atoms with Crippen molar-refractivity contribution >= 4 is 5.91 Å². The van der Waals surface area contributed by atoms with Gasteiger partial charge in [-0.15, -0.1) is 0 Å². The molecule has 2 fully saturated rings. The molecule has 12 atom stereocenters. The lowest BCUT2D eigenvalue weighted by Crippen LogP contribution is -2.65. The SMILES string of the molecule is CCCCCCC/C=C\C/C=C\C/C=C\CCCCCCCCCCCCC(=O)NC(COC1OC(CO)C(OC2OC(CO)C(O)C(O)C2O)C(O)C1O)C(O)/C=C/CC/C=C/CCCCCCCCCCC. The highest BCUT2D eigenvalue weighted by Gasteiger charge is 2.51. The van der Waals surface area contributed by atoms with E-state index in [9.17, 15) is 45.6 Å². The quantitative estimate of drug-likeness (QED) is 0.0205. The van der Waals surface area contributed by atoms with Gasteiger partial charge in [0.15, 0.2) is 12.6 Å². The number of carbonyl (C=O) groups is 1. The van der Waals surface area contributed by atoms with Crippen LogP contribution in [0, 0.1) is 0 Å². The van der Waals surface area contributed by atoms with Crippen LogP contribution in [0.3, 0.4) is 0 Å². The van der Waals surface area contributed by atoms with Gasteiger partial charge in [0.05, 0.1) is 32.0 Å². The zero-order valence-electron chi connectivity index (χ0n) is 46.1. The normalized spacial score (nSPS) is 25.6. The molecular weight excluding hydrogens is 943 g/mol. The van der Waals surface area contributed by atoms with Crippen LogP contribution in [-0.2, 0) is 23.7 Å². The number of carbonyl (C=O) groups excluding carboxylic acids is 1. The standard InChI is InChI=1S/C60H107NO13/c1-3-5-7-9-11-13-15-17-19-20-21-22-23-24-25-26-27-28-30-32-34-36-38-40-42-44-52(65)61-48(49(64)43-41-39-37-35-33-31-29-18-16-14-12-10-8-6-4-2)47-71-59-57(70)55(68)58(51(46-63)73-59)74-60-56(69)54(67)53(66)50(45-62)72-60/h15,17,20-21,23-24,33,35,41,43,48-51,53-60,62-64,66-70H,3-14,16,18-19,22,25-32,34,36-40,42,44-47H2,1-2H3,(H,61,65)/b17-15-,21-20-,24-23-,35-33+,43-41+. The van der Waals surface area contributed by atoms with Crippen LogP contribution in [0.2, 0.25) is 0 Å². The third kappa shape index (κ3) is 31.2. The molecule has 0 aliphatic carbocycles. The molecular formula is C60H107NO13. The first-order chi connectivity index (χ1) is 36.1. The molecule has 14 nitrogen and oxygen atoms in total. The van der Waals surface area contributed by atoms with Gasteiger partial charge in [-0.3, -0.25) is 4.79 Å². The van der Waals surface area contributed by atoms with Crippen molar-refractivity contribution in [1.29, 1.82) is 0 Å².